The van der Waals surface area contributed by atoms with E-state index in [2.05, 4.69) is 15.9 Å². The fourth-order valence-electron chi connectivity index (χ4n) is 2.40. The predicted octanol–water partition coefficient (Wildman–Crippen LogP) is 2.61. The number of rotatable bonds is 4. The van der Waals surface area contributed by atoms with Crippen molar-refractivity contribution in [1.29, 1.82) is 0 Å². The predicted molar refractivity (Wildman–Crippen MR) is 80.7 cm³/mol. The van der Waals surface area contributed by atoms with E-state index >= 15 is 0 Å². The van der Waals surface area contributed by atoms with Gasteiger partial charge < -0.3 is 4.74 Å². The zero-order valence-corrected chi connectivity index (χ0v) is 13.8. The van der Waals surface area contributed by atoms with Crippen LogP contribution in [0.4, 0.5) is 0 Å². The van der Waals surface area contributed by atoms with E-state index in [1.54, 1.807) is 31.2 Å². The number of ether oxygens (including phenoxy) is 1. The second-order valence-corrected chi connectivity index (χ2v) is 8.41. The first kappa shape index (κ1) is 15.7. The maximum absolute atomic E-state index is 12.5. The summed E-state index contributed by atoms with van der Waals surface area (Å²) < 4.78 is 31.2. The van der Waals surface area contributed by atoms with E-state index in [1.165, 1.54) is 6.92 Å². The molecule has 1 aromatic carbocycles. The van der Waals surface area contributed by atoms with Crippen LogP contribution in [0, 0.1) is 0 Å². The summed E-state index contributed by atoms with van der Waals surface area (Å²) in [5.41, 5.74) is 0.413. The number of sulfone groups is 1. The number of benzene rings is 1. The molecule has 6 heteroatoms. The van der Waals surface area contributed by atoms with Crippen molar-refractivity contribution < 1.29 is 17.9 Å². The first-order valence-electron chi connectivity index (χ1n) is 6.48. The van der Waals surface area contributed by atoms with Crippen LogP contribution in [0.1, 0.15) is 30.6 Å². The molecule has 0 aromatic heterocycles. The lowest BCUT2D eigenvalue weighted by Gasteiger charge is -2.19. The Morgan fingerprint density at radius 3 is 2.45 bits per heavy atom. The van der Waals surface area contributed by atoms with E-state index in [1.807, 2.05) is 0 Å². The Kier molecular flexibility index (Phi) is 4.66. The van der Waals surface area contributed by atoms with Gasteiger partial charge in [-0.3, -0.25) is 4.79 Å². The van der Waals surface area contributed by atoms with Crippen molar-refractivity contribution in [3.63, 3.8) is 0 Å². The minimum Gasteiger partial charge on any atom is -0.377 e. The standard InChI is InChI=1S/C14H17BrO4S/c1-9-13(7-8-19-9)20(17,18)10(2)14(16)11-3-5-12(15)6-4-11/h3-6,9-10,13H,7-8H2,1-2H3. The van der Waals surface area contributed by atoms with Crippen LogP contribution in [-0.2, 0) is 14.6 Å². The highest BCUT2D eigenvalue weighted by molar-refractivity contribution is 9.10. The van der Waals surface area contributed by atoms with Crippen LogP contribution in [0.25, 0.3) is 0 Å². The van der Waals surface area contributed by atoms with Crippen molar-refractivity contribution >= 4 is 31.6 Å². The zero-order chi connectivity index (χ0) is 14.9. The van der Waals surface area contributed by atoms with Gasteiger partial charge in [0.2, 0.25) is 0 Å². The lowest BCUT2D eigenvalue weighted by atomic mass is 10.1. The normalized spacial score (nSPS) is 24.6. The SMILES string of the molecule is CC1OCCC1S(=O)(=O)C(C)C(=O)c1ccc(Br)cc1. The lowest BCUT2D eigenvalue weighted by Crippen LogP contribution is -2.39. The molecule has 0 radical (unpaired) electrons. The van der Waals surface area contributed by atoms with Crippen LogP contribution in [0.15, 0.2) is 28.7 Å². The maximum Gasteiger partial charge on any atom is 0.180 e. The van der Waals surface area contributed by atoms with E-state index in [0.717, 1.165) is 4.47 Å². The van der Waals surface area contributed by atoms with Gasteiger partial charge in [-0.2, -0.15) is 0 Å². The van der Waals surface area contributed by atoms with Crippen molar-refractivity contribution in [3.05, 3.63) is 34.3 Å². The Morgan fingerprint density at radius 1 is 1.35 bits per heavy atom. The van der Waals surface area contributed by atoms with Crippen LogP contribution >= 0.6 is 15.9 Å². The smallest absolute Gasteiger partial charge is 0.180 e. The summed E-state index contributed by atoms with van der Waals surface area (Å²) in [6.07, 6.45) is 0.113. The van der Waals surface area contributed by atoms with Gasteiger partial charge in [0.15, 0.2) is 15.6 Å². The molecule has 0 aliphatic carbocycles. The fourth-order valence-corrected chi connectivity index (χ4v) is 4.66. The molecule has 1 fully saturated rings. The molecule has 4 nitrogen and oxygen atoms in total. The van der Waals surface area contributed by atoms with Gasteiger partial charge in [-0.1, -0.05) is 28.1 Å². The Hall–Kier alpha value is -0.720. The van der Waals surface area contributed by atoms with Gasteiger partial charge in [0, 0.05) is 16.6 Å². The van der Waals surface area contributed by atoms with Gasteiger partial charge in [-0.25, -0.2) is 8.42 Å². The summed E-state index contributed by atoms with van der Waals surface area (Å²) in [4.78, 5) is 12.3. The van der Waals surface area contributed by atoms with Crippen molar-refractivity contribution in [3.8, 4) is 0 Å². The molecule has 0 amide bonds. The van der Waals surface area contributed by atoms with Gasteiger partial charge >= 0.3 is 0 Å². The Labute approximate surface area is 127 Å². The van der Waals surface area contributed by atoms with E-state index in [0.29, 0.717) is 18.6 Å². The van der Waals surface area contributed by atoms with Gasteiger partial charge in [0.1, 0.15) is 5.25 Å². The average molecular weight is 361 g/mol. The molecule has 1 saturated heterocycles. The van der Waals surface area contributed by atoms with Crippen molar-refractivity contribution in [1.82, 2.24) is 0 Å². The van der Waals surface area contributed by atoms with Crippen LogP contribution < -0.4 is 0 Å². The Bertz CT molecular complexity index is 594. The fraction of sp³-hybridized carbons (Fsp3) is 0.500. The number of hydrogen-bond acceptors (Lipinski definition) is 4. The largest absolute Gasteiger partial charge is 0.377 e. The third kappa shape index (κ3) is 2.97. The van der Waals surface area contributed by atoms with E-state index in [4.69, 9.17) is 4.74 Å². The van der Waals surface area contributed by atoms with Crippen LogP contribution in [0.3, 0.4) is 0 Å². The number of Topliss-reactive ketones (excluding diaryl/α,β-unsaturated/α-hetero) is 1. The Morgan fingerprint density at radius 2 is 1.95 bits per heavy atom. The molecule has 1 aromatic rings. The van der Waals surface area contributed by atoms with Gasteiger partial charge in [0.05, 0.1) is 11.4 Å². The van der Waals surface area contributed by atoms with Gasteiger partial charge in [-0.15, -0.1) is 0 Å². The van der Waals surface area contributed by atoms with Crippen LogP contribution in [0.5, 0.6) is 0 Å². The van der Waals surface area contributed by atoms with Crippen molar-refractivity contribution in [2.45, 2.75) is 36.9 Å². The summed E-state index contributed by atoms with van der Waals surface area (Å²) in [6, 6.07) is 6.72. The minimum absolute atomic E-state index is 0.347. The number of halogens is 1. The van der Waals surface area contributed by atoms with Crippen LogP contribution in [-0.4, -0.2) is 37.4 Å². The summed E-state index contributed by atoms with van der Waals surface area (Å²) in [5.74, 6) is -0.364. The molecule has 3 atom stereocenters. The van der Waals surface area contributed by atoms with E-state index in [-0.39, 0.29) is 11.9 Å². The molecule has 0 saturated carbocycles. The second-order valence-electron chi connectivity index (χ2n) is 5.01. The van der Waals surface area contributed by atoms with Gasteiger partial charge in [0.25, 0.3) is 0 Å². The highest BCUT2D eigenvalue weighted by atomic mass is 79.9. The number of ketones is 1. The number of carbonyl (C=O) groups is 1. The zero-order valence-electron chi connectivity index (χ0n) is 11.4. The lowest BCUT2D eigenvalue weighted by molar-refractivity contribution is 0.0990. The second kappa shape index (κ2) is 5.95. The molecule has 110 valence electrons. The number of carbonyl (C=O) groups excluding carboxylic acids is 1. The minimum atomic E-state index is -3.53. The van der Waals surface area contributed by atoms with Crippen LogP contribution in [0.2, 0.25) is 0 Å². The van der Waals surface area contributed by atoms with Crippen molar-refractivity contribution in [2.75, 3.05) is 6.61 Å². The molecule has 1 heterocycles. The van der Waals surface area contributed by atoms with Gasteiger partial charge in [-0.05, 0) is 32.4 Å². The molecular weight excluding hydrogens is 344 g/mol. The number of hydrogen-bond donors (Lipinski definition) is 0. The maximum atomic E-state index is 12.5. The van der Waals surface area contributed by atoms with E-state index in [9.17, 15) is 13.2 Å². The molecule has 0 bridgehead atoms. The topological polar surface area (TPSA) is 60.4 Å². The summed E-state index contributed by atoms with van der Waals surface area (Å²) in [7, 11) is -3.53. The average Bonchev–Trinajstić information content (AvgIpc) is 2.85. The molecule has 3 unspecified atom stereocenters. The monoisotopic (exact) mass is 360 g/mol. The molecule has 0 spiro atoms. The molecule has 2 rings (SSSR count). The highest BCUT2D eigenvalue weighted by Crippen LogP contribution is 2.26. The highest BCUT2D eigenvalue weighted by Gasteiger charge is 2.41. The molecule has 1 aliphatic rings. The molecule has 1 aliphatic heterocycles. The molecule has 0 N–H and O–H groups in total. The quantitative estimate of drug-likeness (QED) is 0.774. The summed E-state index contributed by atoms with van der Waals surface area (Å²) in [6.45, 7) is 3.64. The van der Waals surface area contributed by atoms with E-state index < -0.39 is 20.3 Å². The summed E-state index contributed by atoms with van der Waals surface area (Å²) in [5, 5.41) is -1.63. The first-order valence-corrected chi connectivity index (χ1v) is 8.88. The third-order valence-corrected chi connectivity index (χ3v) is 6.91. The summed E-state index contributed by atoms with van der Waals surface area (Å²) >= 11 is 3.29. The Balaban J connectivity index is 2.23. The molecule has 20 heavy (non-hydrogen) atoms. The molecular formula is C14H17BrO4S. The third-order valence-electron chi connectivity index (χ3n) is 3.72. The first-order chi connectivity index (χ1) is 9.34. The van der Waals surface area contributed by atoms with Crippen molar-refractivity contribution in [2.24, 2.45) is 0 Å².